The normalized spacial score (nSPS) is 11.1. The summed E-state index contributed by atoms with van der Waals surface area (Å²) in [5, 5.41) is 11.3. The predicted octanol–water partition coefficient (Wildman–Crippen LogP) is 4.99. The Bertz CT molecular complexity index is 1290. The number of halogens is 1. The van der Waals surface area contributed by atoms with Gasteiger partial charge in [-0.2, -0.15) is 0 Å². The van der Waals surface area contributed by atoms with Crippen molar-refractivity contribution < 1.29 is 14.1 Å². The van der Waals surface area contributed by atoms with Crippen LogP contribution >= 0.6 is 11.3 Å². The average Bonchev–Trinajstić information content (AvgIpc) is 3.22. The molecule has 0 N–H and O–H groups in total. The molecular formula is C22H15FN4O3S. The third kappa shape index (κ3) is 4.62. The molecule has 0 atom stereocenters. The number of fused-ring (bicyclic) bond motifs is 1. The molecule has 0 aliphatic rings. The second-order valence-electron chi connectivity index (χ2n) is 6.55. The van der Waals surface area contributed by atoms with Crippen molar-refractivity contribution in [1.82, 2.24) is 9.97 Å². The molecule has 7 nitrogen and oxygen atoms in total. The lowest BCUT2D eigenvalue weighted by molar-refractivity contribution is -0.384. The molecule has 2 aromatic heterocycles. The van der Waals surface area contributed by atoms with Gasteiger partial charge < -0.3 is 0 Å². The molecule has 2 aromatic carbocycles. The van der Waals surface area contributed by atoms with Crippen LogP contribution in [0.3, 0.4) is 0 Å². The lowest BCUT2D eigenvalue weighted by Crippen LogP contribution is -2.28. The number of non-ortho nitro benzene ring substituents is 1. The zero-order chi connectivity index (χ0) is 21.8. The van der Waals surface area contributed by atoms with E-state index in [9.17, 15) is 19.3 Å². The number of hydrogen-bond acceptors (Lipinski definition) is 6. The third-order valence-corrected chi connectivity index (χ3v) is 5.46. The summed E-state index contributed by atoms with van der Waals surface area (Å²) in [4.78, 5) is 33.3. The quantitative estimate of drug-likeness (QED) is 0.242. The summed E-state index contributed by atoms with van der Waals surface area (Å²) in [5.41, 5.74) is 1.43. The SMILES string of the molecule is O=C(C=Cc1cccc([N+](=O)[O-])c1)N(Cc1cccnc1)c1nc2c(F)cccc2s1. The van der Waals surface area contributed by atoms with Gasteiger partial charge in [0.15, 0.2) is 5.13 Å². The van der Waals surface area contributed by atoms with Crippen LogP contribution in [0.5, 0.6) is 0 Å². The number of hydrogen-bond donors (Lipinski definition) is 0. The lowest BCUT2D eigenvalue weighted by atomic mass is 10.2. The van der Waals surface area contributed by atoms with E-state index in [-0.39, 0.29) is 17.7 Å². The predicted molar refractivity (Wildman–Crippen MR) is 117 cm³/mol. The highest BCUT2D eigenvalue weighted by atomic mass is 32.1. The van der Waals surface area contributed by atoms with Crippen molar-refractivity contribution >= 4 is 44.4 Å². The standard InChI is InChI=1S/C22H15FN4O3S/c23-18-7-2-8-19-21(18)25-22(31-19)26(14-16-5-3-11-24-13-16)20(28)10-9-15-4-1-6-17(12-15)27(29)30/h1-13H,14H2. The minimum absolute atomic E-state index is 0.0662. The molecule has 0 saturated heterocycles. The van der Waals surface area contributed by atoms with E-state index in [2.05, 4.69) is 9.97 Å². The highest BCUT2D eigenvalue weighted by Crippen LogP contribution is 2.31. The lowest BCUT2D eigenvalue weighted by Gasteiger charge is -2.18. The number of rotatable bonds is 6. The third-order valence-electron chi connectivity index (χ3n) is 4.42. The second kappa shape index (κ2) is 8.80. The Hall–Kier alpha value is -3.98. The molecule has 0 saturated carbocycles. The Morgan fingerprint density at radius 1 is 1.19 bits per heavy atom. The topological polar surface area (TPSA) is 89.2 Å². The number of nitrogens with zero attached hydrogens (tertiary/aromatic N) is 4. The molecule has 1 amide bonds. The van der Waals surface area contributed by atoms with Crippen LogP contribution in [0.2, 0.25) is 0 Å². The smallest absolute Gasteiger partial charge is 0.270 e. The van der Waals surface area contributed by atoms with E-state index in [1.807, 2.05) is 6.07 Å². The first-order valence-corrected chi connectivity index (χ1v) is 10.0. The molecule has 4 rings (SSSR count). The van der Waals surface area contributed by atoms with E-state index in [0.29, 0.717) is 15.4 Å². The first-order chi connectivity index (χ1) is 15.0. The van der Waals surface area contributed by atoms with Crippen LogP contribution in [-0.2, 0) is 11.3 Å². The van der Waals surface area contributed by atoms with Crippen LogP contribution in [0.1, 0.15) is 11.1 Å². The molecule has 0 spiro atoms. The Morgan fingerprint density at radius 2 is 2.03 bits per heavy atom. The minimum atomic E-state index is -0.496. The van der Waals surface area contributed by atoms with Crippen LogP contribution in [-0.4, -0.2) is 20.8 Å². The zero-order valence-corrected chi connectivity index (χ0v) is 16.8. The zero-order valence-electron chi connectivity index (χ0n) is 16.0. The van der Waals surface area contributed by atoms with Gasteiger partial charge in [0, 0.05) is 30.6 Å². The molecule has 2 heterocycles. The van der Waals surface area contributed by atoms with Crippen LogP contribution < -0.4 is 4.90 Å². The summed E-state index contributed by atoms with van der Waals surface area (Å²) >= 11 is 1.21. The highest BCUT2D eigenvalue weighted by Gasteiger charge is 2.20. The molecule has 0 aliphatic heterocycles. The second-order valence-corrected chi connectivity index (χ2v) is 7.56. The number of aromatic nitrogens is 2. The van der Waals surface area contributed by atoms with Gasteiger partial charge in [0.2, 0.25) is 0 Å². The van der Waals surface area contributed by atoms with Gasteiger partial charge in [-0.25, -0.2) is 9.37 Å². The van der Waals surface area contributed by atoms with Gasteiger partial charge >= 0.3 is 0 Å². The van der Waals surface area contributed by atoms with Gasteiger partial charge in [-0.15, -0.1) is 0 Å². The van der Waals surface area contributed by atoms with E-state index in [1.54, 1.807) is 42.7 Å². The van der Waals surface area contributed by atoms with Crippen molar-refractivity contribution in [1.29, 1.82) is 0 Å². The molecule has 0 bridgehead atoms. The average molecular weight is 434 g/mol. The van der Waals surface area contributed by atoms with Crippen LogP contribution in [0.4, 0.5) is 15.2 Å². The number of carbonyl (C=O) groups excluding carboxylic acids is 1. The number of thiazole rings is 1. The van der Waals surface area contributed by atoms with Crippen LogP contribution in [0.15, 0.2) is 73.1 Å². The molecule has 0 radical (unpaired) electrons. The van der Waals surface area contributed by atoms with Gasteiger partial charge in [0.25, 0.3) is 11.6 Å². The molecule has 0 aliphatic carbocycles. The van der Waals surface area contributed by atoms with Crippen molar-refractivity contribution in [3.05, 3.63) is 100 Å². The number of para-hydroxylation sites is 1. The summed E-state index contributed by atoms with van der Waals surface area (Å²) < 4.78 is 14.8. The van der Waals surface area contributed by atoms with E-state index in [4.69, 9.17) is 0 Å². The number of benzene rings is 2. The molecule has 154 valence electrons. The molecule has 31 heavy (non-hydrogen) atoms. The Morgan fingerprint density at radius 3 is 2.77 bits per heavy atom. The summed E-state index contributed by atoms with van der Waals surface area (Å²) in [5.74, 6) is -0.851. The molecule has 0 unspecified atom stereocenters. The number of anilines is 1. The summed E-state index contributed by atoms with van der Waals surface area (Å²) in [6.45, 7) is 0.188. The molecular weight excluding hydrogens is 419 g/mol. The maximum absolute atomic E-state index is 14.1. The molecule has 4 aromatic rings. The fraction of sp³-hybridized carbons (Fsp3) is 0.0455. The van der Waals surface area contributed by atoms with Gasteiger partial charge in [-0.05, 0) is 35.4 Å². The van der Waals surface area contributed by atoms with Crippen molar-refractivity contribution in [2.75, 3.05) is 4.90 Å². The van der Waals surface area contributed by atoms with E-state index < -0.39 is 16.6 Å². The fourth-order valence-electron chi connectivity index (χ4n) is 2.93. The maximum atomic E-state index is 14.1. The molecule has 9 heteroatoms. The van der Waals surface area contributed by atoms with Crippen molar-refractivity contribution in [3.8, 4) is 0 Å². The Balaban J connectivity index is 1.67. The van der Waals surface area contributed by atoms with E-state index >= 15 is 0 Å². The van der Waals surface area contributed by atoms with Crippen molar-refractivity contribution in [2.45, 2.75) is 6.54 Å². The Kier molecular flexibility index (Phi) is 5.76. The van der Waals surface area contributed by atoms with Gasteiger partial charge in [-0.1, -0.05) is 35.6 Å². The first-order valence-electron chi connectivity index (χ1n) is 9.19. The number of nitro benzene ring substituents is 1. The van der Waals surface area contributed by atoms with Gasteiger partial charge in [-0.3, -0.25) is 24.8 Å². The monoisotopic (exact) mass is 434 g/mol. The number of nitro groups is 1. The van der Waals surface area contributed by atoms with E-state index in [0.717, 1.165) is 5.56 Å². The van der Waals surface area contributed by atoms with E-state index in [1.165, 1.54) is 46.6 Å². The molecule has 0 fully saturated rings. The first kappa shape index (κ1) is 20.3. The van der Waals surface area contributed by atoms with Crippen molar-refractivity contribution in [3.63, 3.8) is 0 Å². The number of carbonyl (C=O) groups is 1. The van der Waals surface area contributed by atoms with Gasteiger partial charge in [0.1, 0.15) is 11.3 Å². The van der Waals surface area contributed by atoms with Crippen molar-refractivity contribution in [2.24, 2.45) is 0 Å². The highest BCUT2D eigenvalue weighted by molar-refractivity contribution is 7.22. The number of pyridine rings is 1. The van der Waals surface area contributed by atoms with Gasteiger partial charge in [0.05, 0.1) is 16.2 Å². The largest absolute Gasteiger partial charge is 0.280 e. The van der Waals surface area contributed by atoms with Crippen LogP contribution in [0, 0.1) is 15.9 Å². The maximum Gasteiger partial charge on any atom is 0.270 e. The number of amides is 1. The summed E-state index contributed by atoms with van der Waals surface area (Å²) in [6, 6.07) is 14.2. The Labute approximate surface area is 180 Å². The summed E-state index contributed by atoms with van der Waals surface area (Å²) in [7, 11) is 0. The minimum Gasteiger partial charge on any atom is -0.280 e. The summed E-state index contributed by atoms with van der Waals surface area (Å²) in [6.07, 6.45) is 6.08. The fourth-order valence-corrected chi connectivity index (χ4v) is 3.92. The van der Waals surface area contributed by atoms with Crippen LogP contribution in [0.25, 0.3) is 16.3 Å².